The van der Waals surface area contributed by atoms with Gasteiger partial charge in [0.1, 0.15) is 11.9 Å². The number of primary amides is 1. The molecule has 1 unspecified atom stereocenters. The molecule has 1 aromatic carbocycles. The van der Waals surface area contributed by atoms with Crippen molar-refractivity contribution in [3.8, 4) is 0 Å². The van der Waals surface area contributed by atoms with Crippen molar-refractivity contribution in [1.29, 1.82) is 0 Å². The second-order valence-electron chi connectivity index (χ2n) is 4.22. The molecule has 0 saturated carbocycles. The van der Waals surface area contributed by atoms with Crippen LogP contribution in [-0.2, 0) is 4.79 Å². The second kappa shape index (κ2) is 5.82. The Hall–Kier alpha value is -1.62. The average Bonchev–Trinajstić information content (AvgIpc) is 2.28. The highest BCUT2D eigenvalue weighted by atomic mass is 35.5. The summed E-state index contributed by atoms with van der Waals surface area (Å²) in [5.41, 5.74) is 4.94. The summed E-state index contributed by atoms with van der Waals surface area (Å²) in [5, 5.41) is 2.63. The Morgan fingerprint density at radius 2 is 2.00 bits per heavy atom. The summed E-state index contributed by atoms with van der Waals surface area (Å²) < 4.78 is 13.4. The standard InChI is InChI=1S/C12H14ClFN2O2/c1-6(2)10(11(15)17)16-12(18)8-5-7(13)3-4-9(8)14/h3-6,10H,1-2H3,(H2,15,17)(H,16,18). The number of rotatable bonds is 4. The molecule has 0 radical (unpaired) electrons. The molecule has 0 saturated heterocycles. The summed E-state index contributed by atoms with van der Waals surface area (Å²) in [6, 6.07) is 2.77. The van der Waals surface area contributed by atoms with Gasteiger partial charge < -0.3 is 11.1 Å². The SMILES string of the molecule is CC(C)C(NC(=O)c1cc(Cl)ccc1F)C(N)=O. The van der Waals surface area contributed by atoms with E-state index in [-0.39, 0.29) is 16.5 Å². The normalized spacial score (nSPS) is 12.3. The van der Waals surface area contributed by atoms with Gasteiger partial charge in [-0.25, -0.2) is 4.39 Å². The monoisotopic (exact) mass is 272 g/mol. The van der Waals surface area contributed by atoms with Crippen molar-refractivity contribution < 1.29 is 14.0 Å². The fourth-order valence-electron chi connectivity index (χ4n) is 1.46. The van der Waals surface area contributed by atoms with Crippen LogP contribution in [0.4, 0.5) is 4.39 Å². The Morgan fingerprint density at radius 3 is 2.50 bits per heavy atom. The van der Waals surface area contributed by atoms with Crippen LogP contribution in [0, 0.1) is 11.7 Å². The minimum absolute atomic E-state index is 0.186. The van der Waals surface area contributed by atoms with E-state index in [4.69, 9.17) is 17.3 Å². The van der Waals surface area contributed by atoms with E-state index in [9.17, 15) is 14.0 Å². The van der Waals surface area contributed by atoms with Crippen molar-refractivity contribution in [3.63, 3.8) is 0 Å². The van der Waals surface area contributed by atoms with Gasteiger partial charge in [-0.2, -0.15) is 0 Å². The van der Waals surface area contributed by atoms with Crippen LogP contribution in [0.1, 0.15) is 24.2 Å². The van der Waals surface area contributed by atoms with Crippen molar-refractivity contribution in [2.24, 2.45) is 11.7 Å². The van der Waals surface area contributed by atoms with Crippen LogP contribution in [0.3, 0.4) is 0 Å². The Balaban J connectivity index is 2.94. The summed E-state index contributed by atoms with van der Waals surface area (Å²) in [6.07, 6.45) is 0. The second-order valence-corrected chi connectivity index (χ2v) is 4.66. The Bertz CT molecular complexity index is 477. The zero-order chi connectivity index (χ0) is 13.9. The highest BCUT2D eigenvalue weighted by Gasteiger charge is 2.23. The van der Waals surface area contributed by atoms with Gasteiger partial charge in [-0.15, -0.1) is 0 Å². The zero-order valence-corrected chi connectivity index (χ0v) is 10.8. The van der Waals surface area contributed by atoms with Crippen molar-refractivity contribution in [2.75, 3.05) is 0 Å². The maximum Gasteiger partial charge on any atom is 0.254 e. The molecule has 0 aliphatic carbocycles. The van der Waals surface area contributed by atoms with E-state index < -0.39 is 23.7 Å². The van der Waals surface area contributed by atoms with Crippen LogP contribution < -0.4 is 11.1 Å². The van der Waals surface area contributed by atoms with E-state index in [1.165, 1.54) is 12.1 Å². The van der Waals surface area contributed by atoms with E-state index >= 15 is 0 Å². The van der Waals surface area contributed by atoms with Gasteiger partial charge in [-0.1, -0.05) is 25.4 Å². The first kappa shape index (κ1) is 14.4. The Kier molecular flexibility index (Phi) is 4.67. The third-order valence-electron chi connectivity index (χ3n) is 2.43. The molecule has 0 bridgehead atoms. The highest BCUT2D eigenvalue weighted by Crippen LogP contribution is 2.15. The van der Waals surface area contributed by atoms with Crippen LogP contribution in [0.5, 0.6) is 0 Å². The van der Waals surface area contributed by atoms with Crippen LogP contribution in [0.15, 0.2) is 18.2 Å². The summed E-state index contributed by atoms with van der Waals surface area (Å²) >= 11 is 5.68. The first-order valence-electron chi connectivity index (χ1n) is 5.38. The van der Waals surface area contributed by atoms with Gasteiger partial charge in [0.15, 0.2) is 0 Å². The van der Waals surface area contributed by atoms with Gasteiger partial charge in [0.2, 0.25) is 5.91 Å². The molecule has 4 nitrogen and oxygen atoms in total. The molecule has 1 rings (SSSR count). The summed E-state index contributed by atoms with van der Waals surface area (Å²) in [5.74, 6) is -2.27. The molecule has 0 aliphatic heterocycles. The minimum Gasteiger partial charge on any atom is -0.368 e. The number of nitrogens with one attached hydrogen (secondary N) is 1. The third-order valence-corrected chi connectivity index (χ3v) is 2.67. The molecule has 0 spiro atoms. The predicted molar refractivity (Wildman–Crippen MR) is 66.7 cm³/mol. The Morgan fingerprint density at radius 1 is 1.39 bits per heavy atom. The fraction of sp³-hybridized carbons (Fsp3) is 0.333. The molecular weight excluding hydrogens is 259 g/mol. The number of amides is 2. The largest absolute Gasteiger partial charge is 0.368 e. The molecule has 2 amide bonds. The highest BCUT2D eigenvalue weighted by molar-refractivity contribution is 6.31. The summed E-state index contributed by atoms with van der Waals surface area (Å²) in [7, 11) is 0. The smallest absolute Gasteiger partial charge is 0.254 e. The van der Waals surface area contributed by atoms with Crippen molar-refractivity contribution in [3.05, 3.63) is 34.6 Å². The van der Waals surface area contributed by atoms with E-state index in [0.29, 0.717) is 0 Å². The van der Waals surface area contributed by atoms with E-state index in [2.05, 4.69) is 5.32 Å². The molecule has 0 aromatic heterocycles. The third kappa shape index (κ3) is 3.43. The van der Waals surface area contributed by atoms with E-state index in [1.54, 1.807) is 13.8 Å². The number of hydrogen-bond acceptors (Lipinski definition) is 2. The maximum atomic E-state index is 13.4. The number of halogens is 2. The molecule has 1 atom stereocenters. The summed E-state index contributed by atoms with van der Waals surface area (Å²) in [4.78, 5) is 23.0. The lowest BCUT2D eigenvalue weighted by molar-refractivity contribution is -0.120. The van der Waals surface area contributed by atoms with E-state index in [1.807, 2.05) is 0 Å². The van der Waals surface area contributed by atoms with Crippen LogP contribution in [0.2, 0.25) is 5.02 Å². The molecule has 0 heterocycles. The lowest BCUT2D eigenvalue weighted by Crippen LogP contribution is -2.47. The molecule has 1 aromatic rings. The molecule has 98 valence electrons. The maximum absolute atomic E-state index is 13.4. The van der Waals surface area contributed by atoms with Gasteiger partial charge in [-0.05, 0) is 24.1 Å². The fourth-order valence-corrected chi connectivity index (χ4v) is 1.63. The minimum atomic E-state index is -0.851. The lowest BCUT2D eigenvalue weighted by Gasteiger charge is -2.19. The lowest BCUT2D eigenvalue weighted by atomic mass is 10.0. The topological polar surface area (TPSA) is 72.2 Å². The average molecular weight is 273 g/mol. The summed E-state index contributed by atoms with van der Waals surface area (Å²) in [6.45, 7) is 3.45. The van der Waals surface area contributed by atoms with E-state index in [0.717, 1.165) is 6.07 Å². The van der Waals surface area contributed by atoms with Crippen LogP contribution >= 0.6 is 11.6 Å². The van der Waals surface area contributed by atoms with Crippen LogP contribution in [-0.4, -0.2) is 17.9 Å². The molecule has 0 aliphatic rings. The molecule has 0 fully saturated rings. The van der Waals surface area contributed by atoms with Crippen LogP contribution in [0.25, 0.3) is 0 Å². The molecular formula is C12H14ClFN2O2. The number of carbonyl (C=O) groups is 2. The number of benzene rings is 1. The van der Waals surface area contributed by atoms with Gasteiger partial charge in [0.25, 0.3) is 5.91 Å². The first-order valence-corrected chi connectivity index (χ1v) is 5.76. The number of nitrogens with two attached hydrogens (primary N) is 1. The number of hydrogen-bond donors (Lipinski definition) is 2. The van der Waals surface area contributed by atoms with Crippen molar-refractivity contribution in [1.82, 2.24) is 5.32 Å². The van der Waals surface area contributed by atoms with Gasteiger partial charge >= 0.3 is 0 Å². The predicted octanol–water partition coefficient (Wildman–Crippen LogP) is 1.72. The quantitative estimate of drug-likeness (QED) is 0.876. The van der Waals surface area contributed by atoms with Gasteiger partial charge in [0.05, 0.1) is 5.56 Å². The Labute approximate surface area is 109 Å². The van der Waals surface area contributed by atoms with Gasteiger partial charge in [0, 0.05) is 5.02 Å². The zero-order valence-electron chi connectivity index (χ0n) is 10.0. The van der Waals surface area contributed by atoms with Crippen molar-refractivity contribution >= 4 is 23.4 Å². The van der Waals surface area contributed by atoms with Crippen molar-refractivity contribution in [2.45, 2.75) is 19.9 Å². The molecule has 3 N–H and O–H groups in total. The molecule has 18 heavy (non-hydrogen) atoms. The first-order chi connectivity index (χ1) is 8.32. The molecule has 6 heteroatoms. The van der Waals surface area contributed by atoms with Gasteiger partial charge in [-0.3, -0.25) is 9.59 Å². The number of carbonyl (C=O) groups excluding carboxylic acids is 2.